The number of likely N-dealkylation sites (N-methyl/N-ethyl adjacent to an activating group) is 2. The molecule has 2 amide bonds. The van der Waals surface area contributed by atoms with Crippen molar-refractivity contribution in [3.05, 3.63) is 41.3 Å². The Hall–Kier alpha value is -2.91. The smallest absolute Gasteiger partial charge is 0.277 e. The summed E-state index contributed by atoms with van der Waals surface area (Å²) in [5.41, 5.74) is 1.01. The Morgan fingerprint density at radius 3 is 2.62 bits per heavy atom. The normalized spacial score (nSPS) is 23.0. The molecular formula is C23H32N4O5. The maximum Gasteiger partial charge on any atom is 0.277 e. The number of hydrogen-bond donors (Lipinski definition) is 1. The van der Waals surface area contributed by atoms with Gasteiger partial charge in [-0.15, -0.1) is 0 Å². The molecule has 3 rings (SSSR count). The molecule has 32 heavy (non-hydrogen) atoms. The average molecular weight is 445 g/mol. The first-order valence-electron chi connectivity index (χ1n) is 10.7. The van der Waals surface area contributed by atoms with Crippen molar-refractivity contribution in [1.82, 2.24) is 15.0 Å². The van der Waals surface area contributed by atoms with Gasteiger partial charge in [-0.05, 0) is 45.0 Å². The Kier molecular flexibility index (Phi) is 7.52. The molecule has 0 aliphatic carbocycles. The molecule has 1 N–H and O–H groups in total. The number of ether oxygens (including phenoxy) is 2. The number of methoxy groups -OCH3 is 1. The van der Waals surface area contributed by atoms with Gasteiger partial charge in [0.05, 0.1) is 11.7 Å². The van der Waals surface area contributed by atoms with Crippen LogP contribution in [0.3, 0.4) is 0 Å². The largest absolute Gasteiger partial charge is 0.491 e. The maximum atomic E-state index is 13.3. The number of carbonyl (C=O) groups excluding carboxylic acids is 2. The Bertz CT molecular complexity index is 960. The van der Waals surface area contributed by atoms with Gasteiger partial charge in [0.25, 0.3) is 11.8 Å². The van der Waals surface area contributed by atoms with Crippen molar-refractivity contribution in [2.75, 3.05) is 46.2 Å². The summed E-state index contributed by atoms with van der Waals surface area (Å²) in [4.78, 5) is 29.6. The van der Waals surface area contributed by atoms with E-state index in [2.05, 4.69) is 36.3 Å². The molecule has 0 fully saturated rings. The van der Waals surface area contributed by atoms with Crippen LogP contribution in [0.15, 0.2) is 28.8 Å². The third kappa shape index (κ3) is 5.46. The molecule has 0 unspecified atom stereocenters. The fraction of sp³-hybridized carbons (Fsp3) is 0.522. The summed E-state index contributed by atoms with van der Waals surface area (Å²) in [6, 6.07) is 6.74. The van der Waals surface area contributed by atoms with Crippen molar-refractivity contribution >= 4 is 17.5 Å². The van der Waals surface area contributed by atoms with Gasteiger partial charge in [-0.2, -0.15) is 0 Å². The van der Waals surface area contributed by atoms with E-state index in [1.54, 1.807) is 50.2 Å². The Morgan fingerprint density at radius 1 is 1.22 bits per heavy atom. The van der Waals surface area contributed by atoms with E-state index in [9.17, 15) is 9.59 Å². The van der Waals surface area contributed by atoms with Crippen molar-refractivity contribution in [3.8, 4) is 5.75 Å². The molecule has 0 radical (unpaired) electrons. The molecule has 1 aromatic carbocycles. The zero-order valence-corrected chi connectivity index (χ0v) is 19.5. The minimum absolute atomic E-state index is 0.110. The summed E-state index contributed by atoms with van der Waals surface area (Å²) in [6.07, 6.45) is -0.110. The summed E-state index contributed by atoms with van der Waals surface area (Å²) in [6.45, 7) is 7.61. The van der Waals surface area contributed by atoms with E-state index in [4.69, 9.17) is 14.0 Å². The number of carbonyl (C=O) groups is 2. The number of aryl methyl sites for hydroxylation is 1. The highest BCUT2D eigenvalue weighted by Gasteiger charge is 2.27. The second kappa shape index (κ2) is 10.1. The van der Waals surface area contributed by atoms with Crippen LogP contribution in [0, 0.1) is 12.8 Å². The molecule has 3 atom stereocenters. The number of nitrogens with one attached hydrogen (secondary N) is 1. The first kappa shape index (κ1) is 23.7. The lowest BCUT2D eigenvalue weighted by Crippen LogP contribution is -2.45. The number of rotatable bonds is 3. The Balaban J connectivity index is 1.90. The number of hydrogen-bond acceptors (Lipinski definition) is 7. The van der Waals surface area contributed by atoms with Gasteiger partial charge < -0.3 is 24.2 Å². The van der Waals surface area contributed by atoms with Gasteiger partial charge in [0.15, 0.2) is 5.69 Å². The van der Waals surface area contributed by atoms with E-state index in [1.807, 2.05) is 0 Å². The number of nitrogens with zero attached hydrogens (tertiary/aromatic N) is 3. The average Bonchev–Trinajstić information content (AvgIpc) is 3.21. The van der Waals surface area contributed by atoms with E-state index >= 15 is 0 Å². The lowest BCUT2D eigenvalue weighted by atomic mass is 10.0. The second-order valence-electron chi connectivity index (χ2n) is 8.52. The summed E-state index contributed by atoms with van der Waals surface area (Å²) in [5.74, 6) is 0.612. The van der Waals surface area contributed by atoms with Crippen LogP contribution in [-0.4, -0.2) is 79.8 Å². The van der Waals surface area contributed by atoms with E-state index in [0.29, 0.717) is 35.9 Å². The predicted molar refractivity (Wildman–Crippen MR) is 120 cm³/mol. The Morgan fingerprint density at radius 2 is 1.97 bits per heavy atom. The van der Waals surface area contributed by atoms with E-state index in [-0.39, 0.29) is 29.7 Å². The summed E-state index contributed by atoms with van der Waals surface area (Å²) >= 11 is 0. The van der Waals surface area contributed by atoms with Crippen LogP contribution >= 0.6 is 0 Å². The van der Waals surface area contributed by atoms with Crippen molar-refractivity contribution < 1.29 is 23.6 Å². The molecular weight excluding hydrogens is 412 g/mol. The number of fused-ring (bicyclic) bond motifs is 1. The van der Waals surface area contributed by atoms with Gasteiger partial charge in [-0.1, -0.05) is 12.1 Å². The zero-order valence-electron chi connectivity index (χ0n) is 19.5. The zero-order chi connectivity index (χ0) is 23.4. The molecule has 2 heterocycles. The van der Waals surface area contributed by atoms with Crippen LogP contribution in [0.25, 0.3) is 0 Å². The Labute approximate surface area is 188 Å². The minimum Gasteiger partial charge on any atom is -0.491 e. The minimum atomic E-state index is -0.416. The maximum absolute atomic E-state index is 13.3. The molecule has 0 spiro atoms. The van der Waals surface area contributed by atoms with E-state index in [0.717, 1.165) is 6.54 Å². The summed E-state index contributed by atoms with van der Waals surface area (Å²) in [7, 11) is 5.47. The number of benzene rings is 1. The van der Waals surface area contributed by atoms with Crippen LogP contribution < -0.4 is 10.1 Å². The molecule has 9 nitrogen and oxygen atoms in total. The van der Waals surface area contributed by atoms with Crippen molar-refractivity contribution in [2.45, 2.75) is 32.9 Å². The van der Waals surface area contributed by atoms with Gasteiger partial charge in [-0.25, -0.2) is 0 Å². The first-order chi connectivity index (χ1) is 15.2. The molecule has 1 aliphatic rings. The van der Waals surface area contributed by atoms with Gasteiger partial charge in [0.1, 0.15) is 18.1 Å². The van der Waals surface area contributed by atoms with Gasteiger partial charge in [0, 0.05) is 45.0 Å². The second-order valence-corrected chi connectivity index (χ2v) is 8.52. The van der Waals surface area contributed by atoms with Crippen molar-refractivity contribution in [3.63, 3.8) is 0 Å². The van der Waals surface area contributed by atoms with Crippen LogP contribution in [-0.2, 0) is 4.74 Å². The van der Waals surface area contributed by atoms with Crippen LogP contribution in [0.1, 0.15) is 40.5 Å². The fourth-order valence-corrected chi connectivity index (χ4v) is 3.70. The molecule has 9 heteroatoms. The monoisotopic (exact) mass is 444 g/mol. The highest BCUT2D eigenvalue weighted by Crippen LogP contribution is 2.26. The van der Waals surface area contributed by atoms with Crippen molar-refractivity contribution in [1.29, 1.82) is 0 Å². The topological polar surface area (TPSA) is 97.1 Å². The molecule has 0 bridgehead atoms. The van der Waals surface area contributed by atoms with E-state index < -0.39 is 5.91 Å². The summed E-state index contributed by atoms with van der Waals surface area (Å²) < 4.78 is 16.7. The standard InChI is InChI=1S/C23H32N4O5/c1-14-11-26(4)15(2)13-31-20-8-7-17(24-22(28)19-9-16(3)32-25-19)10-18(20)23(29)27(5)12-21(14)30-6/h7-10,14-15,21H,11-13H2,1-6H3,(H,24,28)/t14-,15+,21-/m0/s1. The lowest BCUT2D eigenvalue weighted by molar-refractivity contribution is 0.0150. The highest BCUT2D eigenvalue weighted by atomic mass is 16.5. The molecule has 0 saturated carbocycles. The van der Waals surface area contributed by atoms with Gasteiger partial charge >= 0.3 is 0 Å². The van der Waals surface area contributed by atoms with Crippen LogP contribution in [0.4, 0.5) is 5.69 Å². The van der Waals surface area contributed by atoms with Crippen molar-refractivity contribution in [2.24, 2.45) is 5.92 Å². The number of aromatic nitrogens is 1. The third-order valence-corrected chi connectivity index (χ3v) is 5.87. The lowest BCUT2D eigenvalue weighted by Gasteiger charge is -2.34. The number of anilines is 1. The van der Waals surface area contributed by atoms with E-state index in [1.165, 1.54) is 0 Å². The fourth-order valence-electron chi connectivity index (χ4n) is 3.70. The SMILES string of the molecule is CO[C@H]1CN(C)C(=O)c2cc(NC(=O)c3cc(C)on3)ccc2OC[C@@H](C)N(C)C[C@@H]1C. The van der Waals surface area contributed by atoms with Crippen LogP contribution in [0.2, 0.25) is 0 Å². The predicted octanol–water partition coefficient (Wildman–Crippen LogP) is 2.67. The molecule has 0 saturated heterocycles. The molecule has 174 valence electrons. The quantitative estimate of drug-likeness (QED) is 0.777. The van der Waals surface area contributed by atoms with Gasteiger partial charge in [0.2, 0.25) is 0 Å². The number of amides is 2. The van der Waals surface area contributed by atoms with Crippen LogP contribution in [0.5, 0.6) is 5.75 Å². The molecule has 2 aromatic rings. The molecule has 1 aliphatic heterocycles. The highest BCUT2D eigenvalue weighted by molar-refractivity contribution is 6.04. The summed E-state index contributed by atoms with van der Waals surface area (Å²) in [5, 5.41) is 6.50. The van der Waals surface area contributed by atoms with Gasteiger partial charge in [-0.3, -0.25) is 14.5 Å². The first-order valence-corrected chi connectivity index (χ1v) is 10.7. The third-order valence-electron chi connectivity index (χ3n) is 5.87. The molecule has 1 aromatic heterocycles.